The number of hydrogen-bond acceptors (Lipinski definition) is 4. The van der Waals surface area contributed by atoms with Crippen LogP contribution in [0.15, 0.2) is 24.3 Å². The number of ether oxygens (including phenoxy) is 1. The summed E-state index contributed by atoms with van der Waals surface area (Å²) >= 11 is 5.07. The fourth-order valence-electron chi connectivity index (χ4n) is 1.26. The van der Waals surface area contributed by atoms with Crippen molar-refractivity contribution in [3.05, 3.63) is 34.4 Å². The number of thiocarbonyl (C=S) groups is 1. The van der Waals surface area contributed by atoms with Crippen molar-refractivity contribution in [3.63, 3.8) is 0 Å². The van der Waals surface area contributed by atoms with E-state index in [0.29, 0.717) is 24.0 Å². The molecule has 0 spiro atoms. The second-order valence-electron chi connectivity index (χ2n) is 3.53. The van der Waals surface area contributed by atoms with E-state index in [2.05, 4.69) is 10.6 Å². The van der Waals surface area contributed by atoms with Gasteiger partial charge in [0.1, 0.15) is 0 Å². The molecule has 0 heterocycles. The van der Waals surface area contributed by atoms with Gasteiger partial charge in [-0.25, -0.2) is 0 Å². The number of non-ortho nitro benzene ring substituents is 1. The Morgan fingerprint density at radius 2 is 2.11 bits per heavy atom. The van der Waals surface area contributed by atoms with Crippen LogP contribution in [0.1, 0.15) is 6.42 Å². The Hall–Kier alpha value is -1.73. The average molecular weight is 269 g/mol. The number of nitro benzene ring substituents is 1. The van der Waals surface area contributed by atoms with Crippen LogP contribution in [0.2, 0.25) is 0 Å². The SMILES string of the molecule is COCCCNC(=S)Nc1ccc([N+](=O)[O-])cc1. The lowest BCUT2D eigenvalue weighted by atomic mass is 10.3. The molecule has 0 atom stereocenters. The van der Waals surface area contributed by atoms with Crippen LogP contribution in [0.4, 0.5) is 11.4 Å². The zero-order valence-corrected chi connectivity index (χ0v) is 10.8. The highest BCUT2D eigenvalue weighted by Crippen LogP contribution is 2.15. The third kappa shape index (κ3) is 5.07. The minimum atomic E-state index is -0.439. The zero-order chi connectivity index (χ0) is 13.4. The lowest BCUT2D eigenvalue weighted by molar-refractivity contribution is -0.384. The van der Waals surface area contributed by atoms with E-state index < -0.39 is 4.92 Å². The molecule has 6 nitrogen and oxygen atoms in total. The highest BCUT2D eigenvalue weighted by Gasteiger charge is 2.04. The first kappa shape index (κ1) is 14.3. The molecule has 0 bridgehead atoms. The van der Waals surface area contributed by atoms with Crippen LogP contribution in [0.3, 0.4) is 0 Å². The molecule has 0 amide bonds. The molecule has 0 saturated carbocycles. The number of nitrogens with one attached hydrogen (secondary N) is 2. The summed E-state index contributed by atoms with van der Waals surface area (Å²) in [5.41, 5.74) is 0.768. The van der Waals surface area contributed by atoms with E-state index in [9.17, 15) is 10.1 Å². The van der Waals surface area contributed by atoms with Crippen molar-refractivity contribution in [2.24, 2.45) is 0 Å². The van der Waals surface area contributed by atoms with Gasteiger partial charge in [0.2, 0.25) is 0 Å². The van der Waals surface area contributed by atoms with Crippen molar-refractivity contribution in [1.29, 1.82) is 0 Å². The lowest BCUT2D eigenvalue weighted by Crippen LogP contribution is -2.29. The van der Waals surface area contributed by atoms with Crippen molar-refractivity contribution >= 4 is 28.7 Å². The predicted molar refractivity (Wildman–Crippen MR) is 73.8 cm³/mol. The minimum Gasteiger partial charge on any atom is -0.385 e. The van der Waals surface area contributed by atoms with Crippen molar-refractivity contribution in [1.82, 2.24) is 5.32 Å². The number of methoxy groups -OCH3 is 1. The number of anilines is 1. The number of hydrogen-bond donors (Lipinski definition) is 2. The van der Waals surface area contributed by atoms with Crippen molar-refractivity contribution in [2.45, 2.75) is 6.42 Å². The molecule has 7 heteroatoms. The highest BCUT2D eigenvalue weighted by molar-refractivity contribution is 7.80. The van der Waals surface area contributed by atoms with Crippen molar-refractivity contribution in [2.75, 3.05) is 25.6 Å². The fourth-order valence-corrected chi connectivity index (χ4v) is 1.48. The van der Waals surface area contributed by atoms with Crippen LogP contribution in [0.5, 0.6) is 0 Å². The van der Waals surface area contributed by atoms with Crippen molar-refractivity contribution in [3.8, 4) is 0 Å². The van der Waals surface area contributed by atoms with Gasteiger partial charge in [-0.2, -0.15) is 0 Å². The molecule has 0 aliphatic heterocycles. The van der Waals surface area contributed by atoms with E-state index in [4.69, 9.17) is 17.0 Å². The number of benzene rings is 1. The van der Waals surface area contributed by atoms with E-state index in [-0.39, 0.29) is 5.69 Å². The molecule has 98 valence electrons. The van der Waals surface area contributed by atoms with Crippen LogP contribution in [-0.2, 0) is 4.74 Å². The quantitative estimate of drug-likeness (QED) is 0.355. The molecule has 0 aliphatic carbocycles. The minimum absolute atomic E-state index is 0.0551. The maximum Gasteiger partial charge on any atom is 0.269 e. The molecule has 0 fully saturated rings. The number of rotatable bonds is 6. The monoisotopic (exact) mass is 269 g/mol. The van der Waals surface area contributed by atoms with Crippen LogP contribution in [-0.4, -0.2) is 30.3 Å². The van der Waals surface area contributed by atoms with E-state index in [1.165, 1.54) is 12.1 Å². The Bertz CT molecular complexity index is 408. The Kier molecular flexibility index (Phi) is 6.03. The summed E-state index contributed by atoms with van der Waals surface area (Å²) in [5.74, 6) is 0. The summed E-state index contributed by atoms with van der Waals surface area (Å²) in [7, 11) is 1.65. The van der Waals surface area contributed by atoms with Gasteiger partial charge in [0, 0.05) is 38.1 Å². The Balaban J connectivity index is 2.37. The molecule has 0 saturated heterocycles. The largest absolute Gasteiger partial charge is 0.385 e. The first-order valence-electron chi connectivity index (χ1n) is 5.41. The second kappa shape index (κ2) is 7.57. The van der Waals surface area contributed by atoms with Gasteiger partial charge in [0.15, 0.2) is 5.11 Å². The first-order chi connectivity index (χ1) is 8.63. The van der Waals surface area contributed by atoms with Gasteiger partial charge in [0.05, 0.1) is 4.92 Å². The van der Waals surface area contributed by atoms with E-state index in [0.717, 1.165) is 6.42 Å². The first-order valence-corrected chi connectivity index (χ1v) is 5.82. The predicted octanol–water partition coefficient (Wildman–Crippen LogP) is 1.92. The maximum absolute atomic E-state index is 10.5. The van der Waals surface area contributed by atoms with Crippen LogP contribution in [0, 0.1) is 10.1 Å². The molecule has 0 radical (unpaired) electrons. The molecule has 1 rings (SSSR count). The summed E-state index contributed by atoms with van der Waals surface area (Å²) < 4.78 is 4.91. The summed E-state index contributed by atoms with van der Waals surface area (Å²) in [6, 6.07) is 6.08. The van der Waals surface area contributed by atoms with Gasteiger partial charge >= 0.3 is 0 Å². The maximum atomic E-state index is 10.5. The molecule has 0 aliphatic rings. The molecule has 1 aromatic rings. The standard InChI is InChI=1S/C11H15N3O3S/c1-17-8-2-7-12-11(18)13-9-3-5-10(6-4-9)14(15)16/h3-6H,2,7-8H2,1H3,(H2,12,13,18). The topological polar surface area (TPSA) is 76.4 Å². The van der Waals surface area contributed by atoms with Crippen molar-refractivity contribution < 1.29 is 9.66 Å². The molecule has 1 aromatic carbocycles. The van der Waals surface area contributed by atoms with Gasteiger partial charge in [-0.3, -0.25) is 10.1 Å². The molecule has 0 unspecified atom stereocenters. The van der Waals surface area contributed by atoms with Gasteiger partial charge in [-0.1, -0.05) is 0 Å². The fraction of sp³-hybridized carbons (Fsp3) is 0.364. The summed E-state index contributed by atoms with van der Waals surface area (Å²) in [6.07, 6.45) is 0.860. The number of nitrogens with zero attached hydrogens (tertiary/aromatic N) is 1. The second-order valence-corrected chi connectivity index (χ2v) is 3.94. The number of nitro groups is 1. The summed E-state index contributed by atoms with van der Waals surface area (Å²) in [6.45, 7) is 1.39. The van der Waals surface area contributed by atoms with E-state index >= 15 is 0 Å². The third-order valence-electron chi connectivity index (χ3n) is 2.15. The Morgan fingerprint density at radius 3 is 2.67 bits per heavy atom. The van der Waals surface area contributed by atoms with Crippen LogP contribution in [0.25, 0.3) is 0 Å². The average Bonchev–Trinajstić information content (AvgIpc) is 2.35. The normalized spacial score (nSPS) is 9.83. The van der Waals surface area contributed by atoms with Gasteiger partial charge in [-0.05, 0) is 30.8 Å². The molecule has 18 heavy (non-hydrogen) atoms. The van der Waals surface area contributed by atoms with E-state index in [1.807, 2.05) is 0 Å². The summed E-state index contributed by atoms with van der Waals surface area (Å²) in [5, 5.41) is 16.9. The third-order valence-corrected chi connectivity index (χ3v) is 2.39. The van der Waals surface area contributed by atoms with Gasteiger partial charge < -0.3 is 15.4 Å². The molecular weight excluding hydrogens is 254 g/mol. The van der Waals surface area contributed by atoms with Crippen LogP contribution < -0.4 is 10.6 Å². The van der Waals surface area contributed by atoms with Gasteiger partial charge in [-0.15, -0.1) is 0 Å². The molecule has 2 N–H and O–H groups in total. The highest BCUT2D eigenvalue weighted by atomic mass is 32.1. The zero-order valence-electron chi connectivity index (χ0n) is 10.0. The van der Waals surface area contributed by atoms with E-state index in [1.54, 1.807) is 19.2 Å². The summed E-state index contributed by atoms with van der Waals surface area (Å²) in [4.78, 5) is 10.0. The van der Waals surface area contributed by atoms with Gasteiger partial charge in [0.25, 0.3) is 5.69 Å². The Labute approximate surface area is 110 Å². The lowest BCUT2D eigenvalue weighted by Gasteiger charge is -2.09. The molecule has 0 aromatic heterocycles. The Morgan fingerprint density at radius 1 is 1.44 bits per heavy atom. The van der Waals surface area contributed by atoms with Crippen LogP contribution >= 0.6 is 12.2 Å². The smallest absolute Gasteiger partial charge is 0.269 e. The molecular formula is C11H15N3O3S.